The van der Waals surface area contributed by atoms with Crippen LogP contribution in [0.25, 0.3) is 66.8 Å². The number of hydrogen-bond donors (Lipinski definition) is 3. The van der Waals surface area contributed by atoms with E-state index in [4.69, 9.17) is 15.3 Å². The second-order valence-corrected chi connectivity index (χ2v) is 20.0. The highest BCUT2D eigenvalue weighted by Gasteiger charge is 2.15. The molecule has 0 fully saturated rings. The van der Waals surface area contributed by atoms with Crippen LogP contribution in [0.3, 0.4) is 0 Å². The lowest BCUT2D eigenvalue weighted by molar-refractivity contribution is -0.138. The van der Waals surface area contributed by atoms with Crippen LogP contribution in [0.4, 0.5) is 4.39 Å². The van der Waals surface area contributed by atoms with Crippen LogP contribution < -0.4 is 0 Å². The summed E-state index contributed by atoms with van der Waals surface area (Å²) in [6.45, 7) is 14.0. The predicted molar refractivity (Wildman–Crippen MR) is 313 cm³/mol. The first-order valence-corrected chi connectivity index (χ1v) is 26.2. The van der Waals surface area contributed by atoms with Gasteiger partial charge in [0.05, 0.1) is 0 Å². The van der Waals surface area contributed by atoms with Crippen LogP contribution in [0.2, 0.25) is 0 Å². The van der Waals surface area contributed by atoms with E-state index in [0.29, 0.717) is 24.8 Å². The summed E-state index contributed by atoms with van der Waals surface area (Å²) in [6.07, 6.45) is 8.94. The number of carbonyl (C=O) groups is 3. The van der Waals surface area contributed by atoms with Gasteiger partial charge in [-0.2, -0.15) is 0 Å². The van der Waals surface area contributed by atoms with Crippen molar-refractivity contribution in [1.29, 1.82) is 0 Å². The van der Waals surface area contributed by atoms with E-state index in [0.717, 1.165) is 89.0 Å². The molecule has 9 rings (SSSR count). The standard InChI is InChI=1S/C25H26O2.C22H20FNO2.C22H21NO2/c1-16-5-10-24(20(13-16)9-12-25(26)27)22-8-11-23(19(4)15-22)21-7-6-17(2)18(3)14-21;1-15-4-7-20(16(11-15)6-9-22(25)26)17-5-8-21(19(12-17)13-23)18-3-2-10-24-14-18;1-15-5-8-21(17(12-15)7-10-22(24)25)18-6-9-20(16(2)13-18)19-4-3-11-23-14-19/h5-8,10-11,13-15H,9,12H2,1-4H3,(H,26,27);2-5,7-8,10-12,14H,6,9,13H2,1H3,(H,25,26);3-6,8-9,11-14H,7,10H2,1-2H3,(H,24,25). The Morgan fingerprint density at radius 2 is 0.692 bits per heavy atom. The minimum Gasteiger partial charge on any atom is -0.481 e. The van der Waals surface area contributed by atoms with Gasteiger partial charge >= 0.3 is 17.9 Å². The van der Waals surface area contributed by atoms with E-state index < -0.39 is 24.6 Å². The summed E-state index contributed by atoms with van der Waals surface area (Å²) in [5.41, 5.74) is 24.9. The number of halogens is 1. The summed E-state index contributed by atoms with van der Waals surface area (Å²) in [5.74, 6) is -2.35. The van der Waals surface area contributed by atoms with Gasteiger partial charge in [-0.3, -0.25) is 24.4 Å². The van der Waals surface area contributed by atoms with Crippen molar-refractivity contribution in [2.45, 2.75) is 93.7 Å². The van der Waals surface area contributed by atoms with E-state index in [2.05, 4.69) is 135 Å². The van der Waals surface area contributed by atoms with Gasteiger partial charge in [-0.25, -0.2) is 4.39 Å². The highest BCUT2D eigenvalue weighted by atomic mass is 19.1. The van der Waals surface area contributed by atoms with E-state index >= 15 is 0 Å². The zero-order chi connectivity index (χ0) is 55.9. The normalized spacial score (nSPS) is 10.7. The number of carboxylic acid groups (broad SMARTS) is 3. The maximum Gasteiger partial charge on any atom is 0.303 e. The molecule has 0 bridgehead atoms. The lowest BCUT2D eigenvalue weighted by Crippen LogP contribution is -2.00. The number of nitrogens with zero attached hydrogens (tertiary/aromatic N) is 2. The van der Waals surface area contributed by atoms with Gasteiger partial charge in [0.25, 0.3) is 0 Å². The first-order chi connectivity index (χ1) is 37.5. The molecule has 78 heavy (non-hydrogen) atoms. The molecule has 9 heteroatoms. The largest absolute Gasteiger partial charge is 0.481 e. The molecule has 0 amide bonds. The third kappa shape index (κ3) is 15.2. The van der Waals surface area contributed by atoms with Crippen molar-refractivity contribution in [2.24, 2.45) is 0 Å². The molecule has 0 spiro atoms. The van der Waals surface area contributed by atoms with Crippen molar-refractivity contribution in [3.05, 3.63) is 238 Å². The molecule has 0 radical (unpaired) electrons. The third-order valence-electron chi connectivity index (χ3n) is 14.0. The van der Waals surface area contributed by atoms with Gasteiger partial charge in [0.15, 0.2) is 0 Å². The Balaban J connectivity index is 0.000000170. The Morgan fingerprint density at radius 1 is 0.359 bits per heavy atom. The zero-order valence-electron chi connectivity index (χ0n) is 45.5. The highest BCUT2D eigenvalue weighted by molar-refractivity contribution is 5.79. The second kappa shape index (κ2) is 26.8. The maximum absolute atomic E-state index is 13.7. The summed E-state index contributed by atoms with van der Waals surface area (Å²) in [7, 11) is 0. The fraction of sp³-hybridized carbons (Fsp3) is 0.203. The van der Waals surface area contributed by atoms with Gasteiger partial charge in [0, 0.05) is 55.2 Å². The lowest BCUT2D eigenvalue weighted by Gasteiger charge is -2.14. The summed E-state index contributed by atoms with van der Waals surface area (Å²) in [6, 6.07) is 51.4. The van der Waals surface area contributed by atoms with E-state index in [1.54, 1.807) is 18.6 Å². The quantitative estimate of drug-likeness (QED) is 0.0870. The highest BCUT2D eigenvalue weighted by Crippen LogP contribution is 2.35. The van der Waals surface area contributed by atoms with Crippen molar-refractivity contribution in [1.82, 2.24) is 9.97 Å². The molecule has 0 saturated heterocycles. The van der Waals surface area contributed by atoms with Crippen molar-refractivity contribution >= 4 is 17.9 Å². The van der Waals surface area contributed by atoms with Gasteiger partial charge in [0.1, 0.15) is 6.67 Å². The fourth-order valence-corrected chi connectivity index (χ4v) is 9.77. The average molecular weight is 1040 g/mol. The summed E-state index contributed by atoms with van der Waals surface area (Å²) in [4.78, 5) is 41.2. The smallest absolute Gasteiger partial charge is 0.303 e. The number of hydrogen-bond acceptors (Lipinski definition) is 5. The van der Waals surface area contributed by atoms with Gasteiger partial charge in [-0.1, -0.05) is 150 Å². The summed E-state index contributed by atoms with van der Waals surface area (Å²) < 4.78 is 13.7. The second-order valence-electron chi connectivity index (χ2n) is 20.0. The minimum absolute atomic E-state index is 0.0696. The SMILES string of the molecule is Cc1ccc(-c2ccc(-c3ccc(C)c(C)c3)c(C)c2)c(CCC(=O)O)c1.Cc1ccc(-c2ccc(-c3cccnc3)c(C)c2)c(CCC(=O)O)c1.Cc1ccc(-c2ccc(-c3cccnc3)c(CF)c2)c(CCC(=O)O)c1. The number of aromatic nitrogens is 2. The molecule has 0 atom stereocenters. The van der Waals surface area contributed by atoms with E-state index in [9.17, 15) is 18.8 Å². The summed E-state index contributed by atoms with van der Waals surface area (Å²) >= 11 is 0. The van der Waals surface area contributed by atoms with Gasteiger partial charge in [-0.05, 0) is 186 Å². The van der Waals surface area contributed by atoms with E-state index in [1.165, 1.54) is 33.4 Å². The Hall–Kier alpha value is -8.82. The Morgan fingerprint density at radius 3 is 1.06 bits per heavy atom. The van der Waals surface area contributed by atoms with Crippen LogP contribution in [0, 0.1) is 48.5 Å². The van der Waals surface area contributed by atoms with Crippen molar-refractivity contribution in [3.63, 3.8) is 0 Å². The number of benzene rings is 7. The van der Waals surface area contributed by atoms with Crippen LogP contribution >= 0.6 is 0 Å². The molecule has 0 unspecified atom stereocenters. The molecule has 2 heterocycles. The van der Waals surface area contributed by atoms with E-state index in [1.807, 2.05) is 81.6 Å². The van der Waals surface area contributed by atoms with E-state index in [-0.39, 0.29) is 19.3 Å². The summed E-state index contributed by atoms with van der Waals surface area (Å²) in [5, 5.41) is 27.1. The van der Waals surface area contributed by atoms with Crippen LogP contribution in [0.1, 0.15) is 80.5 Å². The molecule has 8 nitrogen and oxygen atoms in total. The van der Waals surface area contributed by atoms with Crippen molar-refractivity contribution in [2.75, 3.05) is 0 Å². The topological polar surface area (TPSA) is 138 Å². The van der Waals surface area contributed by atoms with Crippen LogP contribution in [0.5, 0.6) is 0 Å². The molecule has 0 saturated carbocycles. The molecule has 0 aliphatic carbocycles. The first-order valence-electron chi connectivity index (χ1n) is 26.2. The van der Waals surface area contributed by atoms with Gasteiger partial charge in [-0.15, -0.1) is 0 Å². The van der Waals surface area contributed by atoms with Crippen LogP contribution in [0.15, 0.2) is 176 Å². The zero-order valence-corrected chi connectivity index (χ0v) is 45.5. The monoisotopic (exact) mass is 1040 g/mol. The molecule has 2 aromatic heterocycles. The molecule has 0 aliphatic heterocycles. The fourth-order valence-electron chi connectivity index (χ4n) is 9.77. The molecule has 7 aromatic carbocycles. The third-order valence-corrected chi connectivity index (χ3v) is 14.0. The number of pyridine rings is 2. The predicted octanol–water partition coefficient (Wildman–Crippen LogP) is 16.5. The molecule has 9 aromatic rings. The van der Waals surface area contributed by atoms with Crippen molar-refractivity contribution < 1.29 is 34.1 Å². The Bertz CT molecular complexity index is 3570. The Labute approximate surface area is 458 Å². The van der Waals surface area contributed by atoms with Gasteiger partial charge < -0.3 is 15.3 Å². The molecule has 3 N–H and O–H groups in total. The number of aliphatic carboxylic acids is 3. The maximum atomic E-state index is 13.7. The molecule has 0 aliphatic rings. The lowest BCUT2D eigenvalue weighted by atomic mass is 9.91. The molecule has 396 valence electrons. The minimum atomic E-state index is -0.825. The van der Waals surface area contributed by atoms with Crippen LogP contribution in [-0.4, -0.2) is 43.2 Å². The average Bonchev–Trinajstić information content (AvgIpc) is 3.45. The number of carboxylic acids is 3. The van der Waals surface area contributed by atoms with Crippen LogP contribution in [-0.2, 0) is 40.3 Å². The Kier molecular flexibility index (Phi) is 19.5. The number of rotatable bonds is 16. The number of aryl methyl sites for hydroxylation is 10. The number of alkyl halides is 1. The van der Waals surface area contributed by atoms with Crippen molar-refractivity contribution in [3.8, 4) is 66.8 Å². The first kappa shape index (κ1) is 56.9. The molecular formula is C69H67FN2O6. The van der Waals surface area contributed by atoms with Gasteiger partial charge in [0.2, 0.25) is 0 Å². The molecular weight excluding hydrogens is 972 g/mol.